The molecule has 0 heterocycles. The lowest BCUT2D eigenvalue weighted by Gasteiger charge is -2.19. The van der Waals surface area contributed by atoms with Crippen molar-refractivity contribution in [2.45, 2.75) is 0 Å². The van der Waals surface area contributed by atoms with Crippen LogP contribution in [0.25, 0.3) is 121 Å². The smallest absolute Gasteiger partial charge is 0.00137 e. The molecule has 3 aliphatic rings. The van der Waals surface area contributed by atoms with Crippen LogP contribution >= 0.6 is 0 Å². The zero-order valence-electron chi connectivity index (χ0n) is 26.0. The molecule has 0 saturated carbocycles. The Hall–Kier alpha value is -6.24. The lowest BCUT2D eigenvalue weighted by atomic mass is 9.84. The summed E-state index contributed by atoms with van der Waals surface area (Å²) in [5.41, 5.74) is 21.3. The number of fused-ring (bicyclic) bond motifs is 9. The summed E-state index contributed by atoms with van der Waals surface area (Å²) < 4.78 is 0. The first-order valence-electron chi connectivity index (χ1n) is 16.9. The monoisotopic (exact) mass is 602 g/mol. The molecule has 12 rings (SSSR count). The molecule has 9 aromatic rings. The van der Waals surface area contributed by atoms with E-state index in [-0.39, 0.29) is 0 Å². The van der Waals surface area contributed by atoms with Crippen LogP contribution in [0.3, 0.4) is 0 Å². The van der Waals surface area contributed by atoms with Crippen LogP contribution in [0.2, 0.25) is 0 Å². The SMILES string of the molecule is c1ccc2c(c1)-c1cccc3c(-c4ccc(-c5ccc6c7c(cccc57)-c5ccccc5-6)c5c4-c4cccc6cccc-5c46)ccc-2c13. The van der Waals surface area contributed by atoms with Crippen molar-refractivity contribution in [2.24, 2.45) is 0 Å². The highest BCUT2D eigenvalue weighted by Gasteiger charge is 2.31. The van der Waals surface area contributed by atoms with Gasteiger partial charge in [0.15, 0.2) is 0 Å². The van der Waals surface area contributed by atoms with E-state index < -0.39 is 0 Å². The van der Waals surface area contributed by atoms with Crippen LogP contribution in [0.5, 0.6) is 0 Å². The molecule has 3 aliphatic carbocycles. The number of hydrogen-bond acceptors (Lipinski definition) is 0. The van der Waals surface area contributed by atoms with E-state index in [4.69, 9.17) is 0 Å². The van der Waals surface area contributed by atoms with Gasteiger partial charge in [-0.1, -0.05) is 158 Å². The maximum absolute atomic E-state index is 2.41. The Morgan fingerprint density at radius 1 is 0.188 bits per heavy atom. The molecule has 0 bridgehead atoms. The average Bonchev–Trinajstić information content (AvgIpc) is 3.78. The Morgan fingerprint density at radius 2 is 0.521 bits per heavy atom. The molecule has 0 spiro atoms. The largest absolute Gasteiger partial charge is 0.0616 e. The van der Waals surface area contributed by atoms with E-state index in [1.807, 2.05) is 0 Å². The third-order valence-electron chi connectivity index (χ3n) is 11.3. The molecular weight excluding hydrogens is 577 g/mol. The summed E-state index contributed by atoms with van der Waals surface area (Å²) >= 11 is 0. The van der Waals surface area contributed by atoms with Gasteiger partial charge in [-0.25, -0.2) is 0 Å². The Bertz CT molecular complexity index is 2680. The standard InChI is InChI=1S/C48H26/c1-3-13-30-28(11-1)34-15-7-17-36-32(21-23-38(30)45(34)36)40-25-26-41(48-43-20-6-10-27-9-5-19-42(44(27)43)47(40)48)33-22-24-39-31-14-4-2-12-29(31)35-16-8-18-37(33)46(35)39/h1-26H. The minimum Gasteiger partial charge on any atom is -0.0616 e. The first-order chi connectivity index (χ1) is 23.8. The minimum absolute atomic E-state index is 1.30. The maximum Gasteiger partial charge on any atom is -0.00137 e. The molecule has 0 atom stereocenters. The van der Waals surface area contributed by atoms with E-state index in [9.17, 15) is 0 Å². The normalized spacial score (nSPS) is 12.6. The summed E-state index contributed by atoms with van der Waals surface area (Å²) in [6.07, 6.45) is 0. The second-order valence-electron chi connectivity index (χ2n) is 13.5. The van der Waals surface area contributed by atoms with Crippen molar-refractivity contribution in [3.05, 3.63) is 158 Å². The summed E-state index contributed by atoms with van der Waals surface area (Å²) in [4.78, 5) is 0. The topological polar surface area (TPSA) is 0 Å². The van der Waals surface area contributed by atoms with E-state index in [1.54, 1.807) is 0 Å². The highest BCUT2D eigenvalue weighted by molar-refractivity contribution is 6.26. The molecule has 0 heteroatoms. The lowest BCUT2D eigenvalue weighted by molar-refractivity contribution is 1.63. The Labute approximate surface area is 278 Å². The number of benzene rings is 9. The Balaban J connectivity index is 1.18. The molecule has 0 radical (unpaired) electrons. The third-order valence-corrected chi connectivity index (χ3v) is 11.3. The highest BCUT2D eigenvalue weighted by atomic mass is 14.3. The van der Waals surface area contributed by atoms with E-state index in [2.05, 4.69) is 158 Å². The molecule has 0 aromatic heterocycles. The van der Waals surface area contributed by atoms with Crippen LogP contribution in [-0.4, -0.2) is 0 Å². The number of rotatable bonds is 2. The Kier molecular flexibility index (Phi) is 4.55. The molecule has 218 valence electrons. The van der Waals surface area contributed by atoms with Gasteiger partial charge in [-0.05, 0) is 121 Å². The Morgan fingerprint density at radius 3 is 0.979 bits per heavy atom. The molecule has 0 N–H and O–H groups in total. The van der Waals surface area contributed by atoms with Gasteiger partial charge in [-0.2, -0.15) is 0 Å². The van der Waals surface area contributed by atoms with Gasteiger partial charge in [0.05, 0.1) is 0 Å². The van der Waals surface area contributed by atoms with Gasteiger partial charge in [0.1, 0.15) is 0 Å². The van der Waals surface area contributed by atoms with Crippen LogP contribution in [0, 0.1) is 0 Å². The lowest BCUT2D eigenvalue weighted by Crippen LogP contribution is -1.92. The van der Waals surface area contributed by atoms with Crippen molar-refractivity contribution in [2.75, 3.05) is 0 Å². The summed E-state index contributed by atoms with van der Waals surface area (Å²) in [5.74, 6) is 0. The second-order valence-corrected chi connectivity index (χ2v) is 13.5. The predicted octanol–water partition coefficient (Wildman–Crippen LogP) is 13.4. The highest BCUT2D eigenvalue weighted by Crippen LogP contribution is 2.58. The van der Waals surface area contributed by atoms with Crippen LogP contribution in [0.1, 0.15) is 0 Å². The van der Waals surface area contributed by atoms with Crippen molar-refractivity contribution in [1.29, 1.82) is 0 Å². The fourth-order valence-electron chi connectivity index (χ4n) is 9.46. The molecule has 0 unspecified atom stereocenters. The number of hydrogen-bond donors (Lipinski definition) is 0. The minimum atomic E-state index is 1.30. The summed E-state index contributed by atoms with van der Waals surface area (Å²) in [5, 5.41) is 8.04. The van der Waals surface area contributed by atoms with Gasteiger partial charge in [0.25, 0.3) is 0 Å². The molecule has 0 aliphatic heterocycles. The van der Waals surface area contributed by atoms with Crippen LogP contribution < -0.4 is 0 Å². The molecule has 0 saturated heterocycles. The molecule has 0 fully saturated rings. The van der Waals surface area contributed by atoms with E-state index >= 15 is 0 Å². The first-order valence-corrected chi connectivity index (χ1v) is 16.9. The zero-order chi connectivity index (χ0) is 31.1. The summed E-state index contributed by atoms with van der Waals surface area (Å²) in [6, 6.07) is 59.4. The van der Waals surface area contributed by atoms with Crippen molar-refractivity contribution in [3.63, 3.8) is 0 Å². The predicted molar refractivity (Wildman–Crippen MR) is 203 cm³/mol. The molecule has 9 aromatic carbocycles. The fraction of sp³-hybridized carbons (Fsp3) is 0. The van der Waals surface area contributed by atoms with E-state index in [0.717, 1.165) is 0 Å². The molecule has 0 nitrogen and oxygen atoms in total. The third kappa shape index (κ3) is 2.93. The molecule has 0 amide bonds. The van der Waals surface area contributed by atoms with Crippen LogP contribution in [-0.2, 0) is 0 Å². The van der Waals surface area contributed by atoms with Gasteiger partial charge >= 0.3 is 0 Å². The van der Waals surface area contributed by atoms with Crippen molar-refractivity contribution in [3.8, 4) is 89.0 Å². The zero-order valence-corrected chi connectivity index (χ0v) is 26.0. The maximum atomic E-state index is 2.41. The first kappa shape index (κ1) is 24.9. The van der Waals surface area contributed by atoms with Gasteiger partial charge in [0, 0.05) is 0 Å². The van der Waals surface area contributed by atoms with Crippen molar-refractivity contribution < 1.29 is 0 Å². The van der Waals surface area contributed by atoms with Gasteiger partial charge in [0.2, 0.25) is 0 Å². The van der Waals surface area contributed by atoms with Gasteiger partial charge < -0.3 is 0 Å². The quantitative estimate of drug-likeness (QED) is 0.185. The molecular formula is C48H26. The average molecular weight is 603 g/mol. The van der Waals surface area contributed by atoms with E-state index in [1.165, 1.54) is 121 Å². The summed E-state index contributed by atoms with van der Waals surface area (Å²) in [7, 11) is 0. The second kappa shape index (κ2) is 8.76. The van der Waals surface area contributed by atoms with Gasteiger partial charge in [-0.15, -0.1) is 0 Å². The summed E-state index contributed by atoms with van der Waals surface area (Å²) in [6.45, 7) is 0. The van der Waals surface area contributed by atoms with Crippen LogP contribution in [0.15, 0.2) is 158 Å². The van der Waals surface area contributed by atoms with Gasteiger partial charge in [-0.3, -0.25) is 0 Å². The van der Waals surface area contributed by atoms with Crippen LogP contribution in [0.4, 0.5) is 0 Å². The van der Waals surface area contributed by atoms with Crippen molar-refractivity contribution in [1.82, 2.24) is 0 Å². The fourth-order valence-corrected chi connectivity index (χ4v) is 9.46. The van der Waals surface area contributed by atoms with Crippen molar-refractivity contribution >= 4 is 32.3 Å². The molecule has 48 heavy (non-hydrogen) atoms. The van der Waals surface area contributed by atoms with E-state index in [0.29, 0.717) is 0 Å².